The molecule has 0 aliphatic carbocycles. The zero-order valence-electron chi connectivity index (χ0n) is 20.3. The molecule has 2 saturated heterocycles. The Morgan fingerprint density at radius 2 is 1.63 bits per heavy atom. The summed E-state index contributed by atoms with van der Waals surface area (Å²) in [6.45, 7) is 4.83. The maximum Gasteiger partial charge on any atom is 0.253 e. The third-order valence-corrected chi connectivity index (χ3v) is 9.39. The van der Waals surface area contributed by atoms with Crippen molar-refractivity contribution in [2.45, 2.75) is 50.3 Å². The molecular formula is C27H33N3O4S. The van der Waals surface area contributed by atoms with E-state index in [1.807, 2.05) is 36.1 Å². The molecule has 1 unspecified atom stereocenters. The summed E-state index contributed by atoms with van der Waals surface area (Å²) in [7, 11) is -3.49. The fourth-order valence-corrected chi connectivity index (χ4v) is 7.07. The number of rotatable bonds is 4. The highest BCUT2D eigenvalue weighted by Crippen LogP contribution is 2.33. The van der Waals surface area contributed by atoms with Crippen LogP contribution in [0.4, 0.5) is 5.69 Å². The van der Waals surface area contributed by atoms with Crippen LogP contribution in [0.1, 0.15) is 53.6 Å². The molecule has 2 amide bonds. The zero-order chi connectivity index (χ0) is 24.6. The van der Waals surface area contributed by atoms with Crippen LogP contribution in [0.5, 0.6) is 0 Å². The van der Waals surface area contributed by atoms with Gasteiger partial charge in [0.2, 0.25) is 15.9 Å². The first-order chi connectivity index (χ1) is 16.8. The van der Waals surface area contributed by atoms with Gasteiger partial charge < -0.3 is 9.80 Å². The summed E-state index contributed by atoms with van der Waals surface area (Å²) in [4.78, 5) is 30.6. The van der Waals surface area contributed by atoms with Crippen molar-refractivity contribution in [3.8, 4) is 0 Å². The molecule has 0 aromatic heterocycles. The average Bonchev–Trinajstić information content (AvgIpc) is 3.44. The molecule has 0 radical (unpaired) electrons. The molecule has 3 aliphatic heterocycles. The Morgan fingerprint density at radius 3 is 2.37 bits per heavy atom. The SMILES string of the molecule is Cc1ccc(C(=O)N2CCCC(C(=O)N3CCCc4cc(S(=O)(=O)N5CCCC5)ccc43)C2)cc1. The lowest BCUT2D eigenvalue weighted by atomic mass is 9.93. The van der Waals surface area contributed by atoms with Crippen LogP contribution in [-0.2, 0) is 21.2 Å². The van der Waals surface area contributed by atoms with Gasteiger partial charge in [-0.05, 0) is 81.3 Å². The van der Waals surface area contributed by atoms with Crippen molar-refractivity contribution in [1.29, 1.82) is 0 Å². The number of nitrogens with zero attached hydrogens (tertiary/aromatic N) is 3. The zero-order valence-corrected chi connectivity index (χ0v) is 21.1. The molecular weight excluding hydrogens is 462 g/mol. The monoisotopic (exact) mass is 495 g/mol. The maximum absolute atomic E-state index is 13.6. The molecule has 35 heavy (non-hydrogen) atoms. The molecule has 0 spiro atoms. The first kappa shape index (κ1) is 24.0. The minimum Gasteiger partial charge on any atom is -0.338 e. The highest BCUT2D eigenvalue weighted by Gasteiger charge is 2.35. The van der Waals surface area contributed by atoms with Gasteiger partial charge in [0.05, 0.1) is 10.8 Å². The molecule has 186 valence electrons. The number of anilines is 1. The van der Waals surface area contributed by atoms with Crippen LogP contribution >= 0.6 is 0 Å². The predicted molar refractivity (Wildman–Crippen MR) is 135 cm³/mol. The quantitative estimate of drug-likeness (QED) is 0.649. The minimum absolute atomic E-state index is 0.0293. The normalized spacial score (nSPS) is 21.1. The van der Waals surface area contributed by atoms with Crippen LogP contribution in [0, 0.1) is 12.8 Å². The summed E-state index contributed by atoms with van der Waals surface area (Å²) in [6, 6.07) is 12.8. The summed E-state index contributed by atoms with van der Waals surface area (Å²) < 4.78 is 27.6. The molecule has 0 saturated carbocycles. The Kier molecular flexibility index (Phi) is 6.68. The van der Waals surface area contributed by atoms with Gasteiger partial charge in [0.15, 0.2) is 0 Å². The molecule has 8 heteroatoms. The fraction of sp³-hybridized carbons (Fsp3) is 0.481. The second-order valence-electron chi connectivity index (χ2n) is 9.95. The van der Waals surface area contributed by atoms with E-state index in [1.165, 1.54) is 0 Å². The minimum atomic E-state index is -3.49. The topological polar surface area (TPSA) is 78.0 Å². The van der Waals surface area contributed by atoms with Crippen molar-refractivity contribution in [1.82, 2.24) is 9.21 Å². The molecule has 0 bridgehead atoms. The van der Waals surface area contributed by atoms with Gasteiger partial charge in [-0.1, -0.05) is 17.7 Å². The van der Waals surface area contributed by atoms with Crippen LogP contribution in [0.2, 0.25) is 0 Å². The van der Waals surface area contributed by atoms with Crippen LogP contribution in [0.25, 0.3) is 0 Å². The molecule has 3 heterocycles. The van der Waals surface area contributed by atoms with Gasteiger partial charge in [0, 0.05) is 44.0 Å². The molecule has 7 nitrogen and oxygen atoms in total. The van der Waals surface area contributed by atoms with Crippen LogP contribution in [0.15, 0.2) is 47.4 Å². The Hall–Kier alpha value is -2.71. The molecule has 0 N–H and O–H groups in total. The van der Waals surface area contributed by atoms with Crippen molar-refractivity contribution < 1.29 is 18.0 Å². The second-order valence-corrected chi connectivity index (χ2v) is 11.9. The maximum atomic E-state index is 13.6. The standard InChI is InChI=1S/C27H33N3O4S/c1-20-8-10-21(11-9-20)26(31)28-14-4-7-23(19-28)27(32)30-17-5-6-22-18-24(12-13-25(22)30)35(33,34)29-15-2-3-16-29/h8-13,18,23H,2-7,14-17,19H2,1H3. The van der Waals surface area contributed by atoms with E-state index in [9.17, 15) is 18.0 Å². The number of hydrogen-bond donors (Lipinski definition) is 0. The van der Waals surface area contributed by atoms with E-state index in [4.69, 9.17) is 0 Å². The molecule has 5 rings (SSSR count). The Morgan fingerprint density at radius 1 is 0.886 bits per heavy atom. The van der Waals surface area contributed by atoms with Crippen LogP contribution < -0.4 is 4.90 Å². The Balaban J connectivity index is 1.33. The largest absolute Gasteiger partial charge is 0.338 e. The number of piperidine rings is 1. The number of amides is 2. The number of benzene rings is 2. The van der Waals surface area contributed by atoms with E-state index in [2.05, 4.69) is 0 Å². The van der Waals surface area contributed by atoms with E-state index in [0.717, 1.165) is 55.3 Å². The number of hydrogen-bond acceptors (Lipinski definition) is 4. The molecule has 2 fully saturated rings. The van der Waals surface area contributed by atoms with E-state index < -0.39 is 10.0 Å². The average molecular weight is 496 g/mol. The molecule has 2 aromatic rings. The lowest BCUT2D eigenvalue weighted by Gasteiger charge is -2.37. The summed E-state index contributed by atoms with van der Waals surface area (Å²) in [5.74, 6) is -0.252. The van der Waals surface area contributed by atoms with Gasteiger partial charge in [-0.25, -0.2) is 8.42 Å². The second kappa shape index (κ2) is 9.74. The number of fused-ring (bicyclic) bond motifs is 1. The first-order valence-electron chi connectivity index (χ1n) is 12.6. The van der Waals surface area contributed by atoms with E-state index in [1.54, 1.807) is 27.4 Å². The Bertz CT molecular complexity index is 1220. The number of aryl methyl sites for hydroxylation is 2. The smallest absolute Gasteiger partial charge is 0.253 e. The van der Waals surface area contributed by atoms with Gasteiger partial charge in [-0.15, -0.1) is 0 Å². The van der Waals surface area contributed by atoms with E-state index >= 15 is 0 Å². The predicted octanol–water partition coefficient (Wildman–Crippen LogP) is 3.61. The van der Waals surface area contributed by atoms with Gasteiger partial charge in [-0.2, -0.15) is 4.31 Å². The number of sulfonamides is 1. The summed E-state index contributed by atoms with van der Waals surface area (Å²) in [5.41, 5.74) is 3.48. The fourth-order valence-electron chi connectivity index (χ4n) is 5.50. The van der Waals surface area contributed by atoms with Crippen molar-refractivity contribution in [2.24, 2.45) is 5.92 Å². The third kappa shape index (κ3) is 4.74. The van der Waals surface area contributed by atoms with Crippen molar-refractivity contribution in [3.05, 3.63) is 59.2 Å². The summed E-state index contributed by atoms with van der Waals surface area (Å²) in [6.07, 6.45) is 4.90. The number of carbonyl (C=O) groups excluding carboxylic acids is 2. The number of carbonyl (C=O) groups is 2. The highest BCUT2D eigenvalue weighted by atomic mass is 32.2. The number of likely N-dealkylation sites (tertiary alicyclic amines) is 1. The van der Waals surface area contributed by atoms with E-state index in [0.29, 0.717) is 43.2 Å². The van der Waals surface area contributed by atoms with Gasteiger partial charge >= 0.3 is 0 Å². The van der Waals surface area contributed by atoms with Crippen molar-refractivity contribution in [3.63, 3.8) is 0 Å². The van der Waals surface area contributed by atoms with Gasteiger partial charge in [0.1, 0.15) is 0 Å². The molecule has 2 aromatic carbocycles. The van der Waals surface area contributed by atoms with Gasteiger partial charge in [0.25, 0.3) is 5.91 Å². The summed E-state index contributed by atoms with van der Waals surface area (Å²) >= 11 is 0. The van der Waals surface area contributed by atoms with Crippen molar-refractivity contribution in [2.75, 3.05) is 37.6 Å². The Labute approximate surface area is 207 Å². The molecule has 1 atom stereocenters. The van der Waals surface area contributed by atoms with E-state index in [-0.39, 0.29) is 17.7 Å². The third-order valence-electron chi connectivity index (χ3n) is 7.49. The lowest BCUT2D eigenvalue weighted by molar-refractivity contribution is -0.123. The highest BCUT2D eigenvalue weighted by molar-refractivity contribution is 7.89. The lowest BCUT2D eigenvalue weighted by Crippen LogP contribution is -2.48. The van der Waals surface area contributed by atoms with Gasteiger partial charge in [-0.3, -0.25) is 9.59 Å². The first-order valence-corrected chi connectivity index (χ1v) is 14.1. The van der Waals surface area contributed by atoms with Crippen LogP contribution in [-0.4, -0.2) is 62.2 Å². The van der Waals surface area contributed by atoms with Crippen molar-refractivity contribution >= 4 is 27.5 Å². The van der Waals surface area contributed by atoms with Crippen LogP contribution in [0.3, 0.4) is 0 Å². The summed E-state index contributed by atoms with van der Waals surface area (Å²) in [5, 5.41) is 0. The molecule has 3 aliphatic rings.